The first kappa shape index (κ1) is 14.5. The third-order valence-corrected chi connectivity index (χ3v) is 2.77. The Bertz CT molecular complexity index is 393. The quantitative estimate of drug-likeness (QED) is 0.754. The fourth-order valence-electron chi connectivity index (χ4n) is 1.33. The minimum Gasteiger partial charge on any atom is -0.481 e. The molecule has 0 fully saturated rings. The van der Waals surface area contributed by atoms with Gasteiger partial charge in [-0.05, 0) is 25.8 Å². The van der Waals surface area contributed by atoms with E-state index in [0.717, 1.165) is 5.56 Å². The van der Waals surface area contributed by atoms with Crippen molar-refractivity contribution in [1.29, 1.82) is 0 Å². The second-order valence-corrected chi connectivity index (χ2v) is 4.83. The molecule has 0 bridgehead atoms. The fourth-order valence-corrected chi connectivity index (χ4v) is 1.33. The highest BCUT2D eigenvalue weighted by molar-refractivity contribution is 5.73. The largest absolute Gasteiger partial charge is 0.481 e. The highest BCUT2D eigenvalue weighted by Crippen LogP contribution is 2.19. The first-order chi connectivity index (χ1) is 8.52. The summed E-state index contributed by atoms with van der Waals surface area (Å²) in [6.07, 6.45) is 4.44. The van der Waals surface area contributed by atoms with E-state index in [-0.39, 0.29) is 0 Å². The number of hydrogen-bond donors (Lipinski definition) is 1. The molecule has 0 aliphatic heterocycles. The zero-order valence-electron chi connectivity index (χ0n) is 10.9. The van der Waals surface area contributed by atoms with Gasteiger partial charge < -0.3 is 9.84 Å². The van der Waals surface area contributed by atoms with Crippen LogP contribution < -0.4 is 0 Å². The van der Waals surface area contributed by atoms with E-state index in [1.165, 1.54) is 0 Å². The van der Waals surface area contributed by atoms with Crippen molar-refractivity contribution >= 4 is 12.0 Å². The van der Waals surface area contributed by atoms with Crippen molar-refractivity contribution in [2.24, 2.45) is 5.41 Å². The number of hydrogen-bond acceptors (Lipinski definition) is 2. The Morgan fingerprint density at radius 3 is 2.61 bits per heavy atom. The molecule has 0 saturated carbocycles. The molecule has 0 radical (unpaired) electrons. The molecule has 0 saturated heterocycles. The van der Waals surface area contributed by atoms with E-state index in [4.69, 9.17) is 9.84 Å². The summed E-state index contributed by atoms with van der Waals surface area (Å²) in [4.78, 5) is 10.9. The average molecular weight is 248 g/mol. The summed E-state index contributed by atoms with van der Waals surface area (Å²) in [5.41, 5.74) is 0.412. The first-order valence-electron chi connectivity index (χ1n) is 6.05. The predicted octanol–water partition coefficient (Wildman–Crippen LogP) is 3.22. The molecule has 0 unspecified atom stereocenters. The van der Waals surface area contributed by atoms with Gasteiger partial charge in [0.05, 0.1) is 12.0 Å². The lowest BCUT2D eigenvalue weighted by Crippen LogP contribution is -2.25. The molecule has 0 aliphatic rings. The summed E-state index contributed by atoms with van der Waals surface area (Å²) in [5, 5.41) is 8.92. The Labute approximate surface area is 108 Å². The topological polar surface area (TPSA) is 46.5 Å². The van der Waals surface area contributed by atoms with Crippen LogP contribution in [0.4, 0.5) is 0 Å². The van der Waals surface area contributed by atoms with Gasteiger partial charge in [-0.25, -0.2) is 0 Å². The summed E-state index contributed by atoms with van der Waals surface area (Å²) in [6, 6.07) is 9.97. The summed E-state index contributed by atoms with van der Waals surface area (Å²) < 4.78 is 5.39. The maximum absolute atomic E-state index is 10.9. The van der Waals surface area contributed by atoms with Crippen molar-refractivity contribution in [2.75, 3.05) is 13.2 Å². The third kappa shape index (κ3) is 5.15. The SMILES string of the molecule is CC(C)(CCOCC=Cc1ccccc1)C(=O)O. The molecule has 98 valence electrons. The number of carbonyl (C=O) groups is 1. The van der Waals surface area contributed by atoms with E-state index in [1.807, 2.05) is 42.5 Å². The number of benzene rings is 1. The summed E-state index contributed by atoms with van der Waals surface area (Å²) >= 11 is 0. The maximum atomic E-state index is 10.9. The molecular weight excluding hydrogens is 228 g/mol. The van der Waals surface area contributed by atoms with Crippen LogP contribution in [0.3, 0.4) is 0 Å². The Hall–Kier alpha value is -1.61. The fraction of sp³-hybridized carbons (Fsp3) is 0.400. The van der Waals surface area contributed by atoms with Crippen LogP contribution in [-0.4, -0.2) is 24.3 Å². The second-order valence-electron chi connectivity index (χ2n) is 4.83. The smallest absolute Gasteiger partial charge is 0.309 e. The lowest BCUT2D eigenvalue weighted by atomic mass is 9.90. The summed E-state index contributed by atoms with van der Waals surface area (Å²) in [5.74, 6) is -0.786. The van der Waals surface area contributed by atoms with Gasteiger partial charge in [-0.3, -0.25) is 4.79 Å². The maximum Gasteiger partial charge on any atom is 0.309 e. The molecule has 0 spiro atoms. The monoisotopic (exact) mass is 248 g/mol. The van der Waals surface area contributed by atoms with Gasteiger partial charge >= 0.3 is 5.97 Å². The van der Waals surface area contributed by atoms with Gasteiger partial charge in [0, 0.05) is 6.61 Å². The molecular formula is C15H20O3. The Morgan fingerprint density at radius 1 is 1.33 bits per heavy atom. The van der Waals surface area contributed by atoms with Crippen molar-refractivity contribution in [2.45, 2.75) is 20.3 Å². The molecule has 1 N–H and O–H groups in total. The van der Waals surface area contributed by atoms with E-state index in [2.05, 4.69) is 0 Å². The first-order valence-corrected chi connectivity index (χ1v) is 6.05. The average Bonchev–Trinajstić information content (AvgIpc) is 2.34. The van der Waals surface area contributed by atoms with Gasteiger partial charge in [0.15, 0.2) is 0 Å². The van der Waals surface area contributed by atoms with Gasteiger partial charge in [-0.1, -0.05) is 42.5 Å². The van der Waals surface area contributed by atoms with Gasteiger partial charge in [0.2, 0.25) is 0 Å². The van der Waals surface area contributed by atoms with Crippen LogP contribution in [-0.2, 0) is 9.53 Å². The second kappa shape index (κ2) is 6.97. The molecule has 3 heteroatoms. The van der Waals surface area contributed by atoms with Crippen molar-refractivity contribution in [3.05, 3.63) is 42.0 Å². The van der Waals surface area contributed by atoms with Crippen LogP contribution in [0, 0.1) is 5.41 Å². The molecule has 0 heterocycles. The van der Waals surface area contributed by atoms with Crippen LogP contribution >= 0.6 is 0 Å². The molecule has 18 heavy (non-hydrogen) atoms. The number of aliphatic carboxylic acids is 1. The molecule has 3 nitrogen and oxygen atoms in total. The lowest BCUT2D eigenvalue weighted by Gasteiger charge is -2.18. The lowest BCUT2D eigenvalue weighted by molar-refractivity contribution is -0.147. The van der Waals surface area contributed by atoms with Crippen LogP contribution in [0.5, 0.6) is 0 Å². The van der Waals surface area contributed by atoms with Gasteiger partial charge in [0.1, 0.15) is 0 Å². The van der Waals surface area contributed by atoms with Crippen molar-refractivity contribution in [3.63, 3.8) is 0 Å². The Morgan fingerprint density at radius 2 is 2.00 bits per heavy atom. The number of ether oxygens (including phenoxy) is 1. The van der Waals surface area contributed by atoms with Crippen LogP contribution in [0.1, 0.15) is 25.8 Å². The normalized spacial score (nSPS) is 11.9. The molecule has 0 aliphatic carbocycles. The van der Waals surface area contributed by atoms with Crippen LogP contribution in [0.2, 0.25) is 0 Å². The van der Waals surface area contributed by atoms with Crippen molar-refractivity contribution < 1.29 is 14.6 Å². The van der Waals surface area contributed by atoms with Gasteiger partial charge in [-0.2, -0.15) is 0 Å². The summed E-state index contributed by atoms with van der Waals surface area (Å²) in [6.45, 7) is 4.38. The number of rotatable bonds is 7. The zero-order valence-corrected chi connectivity index (χ0v) is 10.9. The van der Waals surface area contributed by atoms with E-state index >= 15 is 0 Å². The van der Waals surface area contributed by atoms with Crippen LogP contribution in [0.25, 0.3) is 6.08 Å². The zero-order chi connectivity index (χ0) is 13.4. The van der Waals surface area contributed by atoms with Crippen LogP contribution in [0.15, 0.2) is 36.4 Å². The summed E-state index contributed by atoms with van der Waals surface area (Å²) in [7, 11) is 0. The standard InChI is InChI=1S/C15H20O3/c1-15(2,14(16)17)10-12-18-11-6-9-13-7-4-3-5-8-13/h3-9H,10-12H2,1-2H3,(H,16,17). The van der Waals surface area contributed by atoms with E-state index < -0.39 is 11.4 Å². The third-order valence-electron chi connectivity index (χ3n) is 2.77. The molecule has 0 aromatic heterocycles. The Kier molecular flexibility index (Phi) is 5.59. The molecule has 1 rings (SSSR count). The van der Waals surface area contributed by atoms with E-state index in [1.54, 1.807) is 13.8 Å². The molecule has 0 atom stereocenters. The van der Waals surface area contributed by atoms with E-state index in [0.29, 0.717) is 19.6 Å². The molecule has 1 aromatic rings. The number of carboxylic acids is 1. The molecule has 0 amide bonds. The van der Waals surface area contributed by atoms with Gasteiger partial charge in [-0.15, -0.1) is 0 Å². The highest BCUT2D eigenvalue weighted by atomic mass is 16.5. The molecule has 1 aromatic carbocycles. The highest BCUT2D eigenvalue weighted by Gasteiger charge is 2.26. The number of carboxylic acid groups (broad SMARTS) is 1. The predicted molar refractivity (Wildman–Crippen MR) is 72.3 cm³/mol. The van der Waals surface area contributed by atoms with Crippen molar-refractivity contribution in [1.82, 2.24) is 0 Å². The Balaban J connectivity index is 2.20. The minimum atomic E-state index is -0.786. The minimum absolute atomic E-state index is 0.457. The van der Waals surface area contributed by atoms with E-state index in [9.17, 15) is 4.79 Å². The van der Waals surface area contributed by atoms with Gasteiger partial charge in [0.25, 0.3) is 0 Å². The van der Waals surface area contributed by atoms with Crippen molar-refractivity contribution in [3.8, 4) is 0 Å².